The Hall–Kier alpha value is -4.91. The second-order valence-electron chi connectivity index (χ2n) is 9.80. The number of aromatic nitrogens is 2. The third-order valence-corrected chi connectivity index (χ3v) is 6.87. The molecule has 7 heteroatoms. The van der Waals surface area contributed by atoms with Crippen LogP contribution in [-0.2, 0) is 4.79 Å². The first-order chi connectivity index (χ1) is 19.5. The lowest BCUT2D eigenvalue weighted by Gasteiger charge is -2.23. The minimum absolute atomic E-state index is 0.101. The fourth-order valence-corrected chi connectivity index (χ4v) is 4.96. The topological polar surface area (TPSA) is 79.3 Å². The van der Waals surface area contributed by atoms with E-state index in [2.05, 4.69) is 10.6 Å². The number of rotatable bonds is 8. The van der Waals surface area contributed by atoms with Gasteiger partial charge in [-0.1, -0.05) is 91.9 Å². The Morgan fingerprint density at radius 1 is 0.825 bits per heavy atom. The molecule has 5 rings (SSSR count). The number of carbonyl (C=O) groups excluding carboxylic acids is 2. The van der Waals surface area contributed by atoms with Gasteiger partial charge in [-0.2, -0.15) is 5.10 Å². The van der Waals surface area contributed by atoms with Crippen LogP contribution in [0.2, 0.25) is 0 Å². The minimum atomic E-state index is -0.319. The molecule has 0 bridgehead atoms. The molecule has 0 radical (unpaired) electrons. The predicted octanol–water partition coefficient (Wildman–Crippen LogP) is 7.19. The molecule has 0 saturated carbocycles. The number of fused-ring (bicyclic) bond motifs is 1. The smallest absolute Gasteiger partial charge is 0.315 e. The van der Waals surface area contributed by atoms with Gasteiger partial charge in [0.15, 0.2) is 0 Å². The fourth-order valence-electron chi connectivity index (χ4n) is 4.96. The highest BCUT2D eigenvalue weighted by molar-refractivity contribution is 6.03. The van der Waals surface area contributed by atoms with Crippen molar-refractivity contribution in [2.45, 2.75) is 27.2 Å². The van der Waals surface area contributed by atoms with Crippen LogP contribution in [0, 0.1) is 13.8 Å². The molecule has 0 aliphatic rings. The molecule has 0 aliphatic carbocycles. The number of para-hydroxylation sites is 1. The normalized spacial score (nSPS) is 10.9. The molecule has 0 spiro atoms. The number of carbonyl (C=O) groups is 2. The van der Waals surface area contributed by atoms with E-state index in [4.69, 9.17) is 5.10 Å². The van der Waals surface area contributed by atoms with Gasteiger partial charge in [0.05, 0.1) is 17.1 Å². The van der Waals surface area contributed by atoms with Crippen LogP contribution in [0.25, 0.3) is 27.6 Å². The Kier molecular flexibility index (Phi) is 7.92. The average Bonchev–Trinajstić information content (AvgIpc) is 3.28. The van der Waals surface area contributed by atoms with Crippen LogP contribution in [-0.4, -0.2) is 39.7 Å². The molecule has 40 heavy (non-hydrogen) atoms. The van der Waals surface area contributed by atoms with E-state index in [0.29, 0.717) is 24.5 Å². The molecule has 0 unspecified atom stereocenters. The lowest BCUT2D eigenvalue weighted by molar-refractivity contribution is -0.116. The van der Waals surface area contributed by atoms with Crippen molar-refractivity contribution in [3.05, 3.63) is 108 Å². The molecule has 2 N–H and O–H groups in total. The number of nitrogens with zero attached hydrogens (tertiary/aromatic N) is 3. The summed E-state index contributed by atoms with van der Waals surface area (Å²) in [6.45, 7) is 6.27. The maximum atomic E-state index is 13.6. The molecular weight excluding hydrogens is 498 g/mol. The summed E-state index contributed by atoms with van der Waals surface area (Å²) in [7, 11) is 0. The summed E-state index contributed by atoms with van der Waals surface area (Å²) < 4.78 is 1.78. The summed E-state index contributed by atoms with van der Waals surface area (Å²) in [5, 5.41) is 12.9. The third kappa shape index (κ3) is 5.59. The molecule has 5 aromatic rings. The zero-order valence-corrected chi connectivity index (χ0v) is 23.0. The monoisotopic (exact) mass is 531 g/mol. The quantitative estimate of drug-likeness (QED) is 0.222. The largest absolute Gasteiger partial charge is 0.322 e. The molecule has 0 saturated heterocycles. The molecule has 0 aliphatic heterocycles. The van der Waals surface area contributed by atoms with Crippen LogP contribution in [0.15, 0.2) is 97.1 Å². The van der Waals surface area contributed by atoms with Gasteiger partial charge in [-0.15, -0.1) is 0 Å². The number of nitrogens with one attached hydrogen (secondary N) is 2. The zero-order chi connectivity index (χ0) is 28.1. The first-order valence-corrected chi connectivity index (χ1v) is 13.5. The van der Waals surface area contributed by atoms with Crippen molar-refractivity contribution in [2.24, 2.45) is 0 Å². The van der Waals surface area contributed by atoms with Crippen LogP contribution >= 0.6 is 0 Å². The molecule has 4 aromatic carbocycles. The Labute approximate surface area is 234 Å². The number of aryl methyl sites for hydroxylation is 2. The molecule has 0 atom stereocenters. The highest BCUT2D eigenvalue weighted by Crippen LogP contribution is 2.34. The predicted molar refractivity (Wildman–Crippen MR) is 162 cm³/mol. The summed E-state index contributed by atoms with van der Waals surface area (Å²) in [6.07, 6.45) is 0.714. The van der Waals surface area contributed by atoms with Crippen LogP contribution in [0.5, 0.6) is 0 Å². The Morgan fingerprint density at radius 2 is 1.52 bits per heavy atom. The highest BCUT2D eigenvalue weighted by Gasteiger charge is 2.23. The van der Waals surface area contributed by atoms with E-state index in [-0.39, 0.29) is 18.5 Å². The van der Waals surface area contributed by atoms with Gasteiger partial charge < -0.3 is 15.5 Å². The van der Waals surface area contributed by atoms with Crippen LogP contribution < -0.4 is 10.6 Å². The standard InChI is InChI=1S/C33H33N5O2/c1-4-21-37(33(40)34-28-19-12-17-25-14-9-10-18-27(25)28)22-30(39)35-32-31(26-15-6-5-7-16-26)24(3)36-38(32)29-20-11-8-13-23(29)2/h5-20H,4,21-22H2,1-3H3,(H,34,40)(H,35,39). The van der Waals surface area contributed by atoms with E-state index in [1.54, 1.807) is 9.58 Å². The van der Waals surface area contributed by atoms with Crippen molar-refractivity contribution < 1.29 is 9.59 Å². The van der Waals surface area contributed by atoms with Gasteiger partial charge in [0.25, 0.3) is 0 Å². The molecule has 1 aromatic heterocycles. The van der Waals surface area contributed by atoms with Gasteiger partial charge in [0, 0.05) is 17.5 Å². The second-order valence-corrected chi connectivity index (χ2v) is 9.80. The lowest BCUT2D eigenvalue weighted by Crippen LogP contribution is -2.41. The number of benzene rings is 4. The lowest BCUT2D eigenvalue weighted by atomic mass is 10.1. The van der Waals surface area contributed by atoms with Crippen LogP contribution in [0.4, 0.5) is 16.3 Å². The van der Waals surface area contributed by atoms with E-state index < -0.39 is 0 Å². The Balaban J connectivity index is 1.43. The van der Waals surface area contributed by atoms with Crippen LogP contribution in [0.1, 0.15) is 24.6 Å². The Bertz CT molecular complexity index is 1650. The number of amides is 3. The van der Waals surface area contributed by atoms with E-state index >= 15 is 0 Å². The number of anilines is 2. The molecule has 1 heterocycles. The first-order valence-electron chi connectivity index (χ1n) is 13.5. The van der Waals surface area contributed by atoms with Gasteiger partial charge in [0.2, 0.25) is 5.91 Å². The molecule has 202 valence electrons. The van der Waals surface area contributed by atoms with Crippen molar-refractivity contribution in [1.82, 2.24) is 14.7 Å². The molecule has 3 amide bonds. The summed E-state index contributed by atoms with van der Waals surface area (Å²) in [6, 6.07) is 31.2. The number of hydrogen-bond acceptors (Lipinski definition) is 3. The van der Waals surface area contributed by atoms with E-state index in [1.807, 2.05) is 118 Å². The maximum absolute atomic E-state index is 13.6. The van der Waals surface area contributed by atoms with Gasteiger partial charge in [0.1, 0.15) is 12.4 Å². The molecular formula is C33H33N5O2. The van der Waals surface area contributed by atoms with Crippen molar-refractivity contribution in [3.8, 4) is 16.8 Å². The van der Waals surface area contributed by atoms with Crippen molar-refractivity contribution >= 4 is 34.2 Å². The minimum Gasteiger partial charge on any atom is -0.315 e. The van der Waals surface area contributed by atoms with Gasteiger partial charge in [-0.3, -0.25) is 4.79 Å². The third-order valence-electron chi connectivity index (χ3n) is 6.87. The second kappa shape index (κ2) is 11.9. The Morgan fingerprint density at radius 3 is 2.30 bits per heavy atom. The highest BCUT2D eigenvalue weighted by atomic mass is 16.2. The van der Waals surface area contributed by atoms with E-state index in [1.165, 1.54) is 0 Å². The van der Waals surface area contributed by atoms with Crippen molar-refractivity contribution in [2.75, 3.05) is 23.7 Å². The van der Waals surface area contributed by atoms with E-state index in [9.17, 15) is 9.59 Å². The first kappa shape index (κ1) is 26.7. The summed E-state index contributed by atoms with van der Waals surface area (Å²) in [4.78, 5) is 28.5. The average molecular weight is 532 g/mol. The van der Waals surface area contributed by atoms with Crippen molar-refractivity contribution in [3.63, 3.8) is 0 Å². The van der Waals surface area contributed by atoms with E-state index in [0.717, 1.165) is 38.8 Å². The van der Waals surface area contributed by atoms with Gasteiger partial charge in [-0.05, 0) is 48.9 Å². The molecule has 0 fully saturated rings. The maximum Gasteiger partial charge on any atom is 0.322 e. The van der Waals surface area contributed by atoms with Gasteiger partial charge >= 0.3 is 6.03 Å². The number of hydrogen-bond donors (Lipinski definition) is 2. The summed E-state index contributed by atoms with van der Waals surface area (Å²) in [5.74, 6) is 0.280. The fraction of sp³-hybridized carbons (Fsp3) is 0.182. The van der Waals surface area contributed by atoms with Crippen molar-refractivity contribution in [1.29, 1.82) is 0 Å². The van der Waals surface area contributed by atoms with Crippen LogP contribution in [0.3, 0.4) is 0 Å². The number of urea groups is 1. The molecule has 7 nitrogen and oxygen atoms in total. The SMILES string of the molecule is CCCN(CC(=O)Nc1c(-c2ccccc2)c(C)nn1-c1ccccc1C)C(=O)Nc1cccc2ccccc12. The zero-order valence-electron chi connectivity index (χ0n) is 23.0. The van der Waals surface area contributed by atoms with Gasteiger partial charge in [-0.25, -0.2) is 9.48 Å². The summed E-state index contributed by atoms with van der Waals surface area (Å²) in [5.41, 5.74) is 5.21. The summed E-state index contributed by atoms with van der Waals surface area (Å²) >= 11 is 0.